The van der Waals surface area contributed by atoms with Crippen LogP contribution < -0.4 is 5.73 Å². The van der Waals surface area contributed by atoms with Crippen molar-refractivity contribution in [3.63, 3.8) is 0 Å². The summed E-state index contributed by atoms with van der Waals surface area (Å²) in [4.78, 5) is 34.7. The van der Waals surface area contributed by atoms with Crippen molar-refractivity contribution in [3.05, 3.63) is 48.6 Å². The smallest absolute Gasteiger partial charge is 0.462 e. The number of hydrogen-bond acceptors (Lipinski definition) is 8. The number of rotatable bonds is 37. The molecule has 3 N–H and O–H groups in total. The van der Waals surface area contributed by atoms with E-state index >= 15 is 0 Å². The van der Waals surface area contributed by atoms with Crippen molar-refractivity contribution in [3.8, 4) is 0 Å². The fraction of sp³-hybridized carbons (Fsp3) is 0.756. The van der Waals surface area contributed by atoms with Gasteiger partial charge in [0.25, 0.3) is 0 Å². The Morgan fingerprint density at radius 2 is 1.02 bits per heavy atom. The fourth-order valence-electron chi connectivity index (χ4n) is 5.16. The first-order valence-electron chi connectivity index (χ1n) is 20.1. The Morgan fingerprint density at radius 1 is 0.588 bits per heavy atom. The average molecular weight is 740 g/mol. The predicted molar refractivity (Wildman–Crippen MR) is 210 cm³/mol. The van der Waals surface area contributed by atoms with Gasteiger partial charge in [-0.1, -0.05) is 127 Å². The van der Waals surface area contributed by atoms with Crippen LogP contribution in [0.3, 0.4) is 0 Å². The Morgan fingerprint density at radius 3 is 1.57 bits per heavy atom. The van der Waals surface area contributed by atoms with Gasteiger partial charge in [-0.25, -0.2) is 4.57 Å². The number of carbonyl (C=O) groups is 2. The highest BCUT2D eigenvalue weighted by Crippen LogP contribution is 2.43. The summed E-state index contributed by atoms with van der Waals surface area (Å²) in [6.07, 6.45) is 41.3. The monoisotopic (exact) mass is 740 g/mol. The lowest BCUT2D eigenvalue weighted by Gasteiger charge is -2.19. The molecule has 0 saturated carbocycles. The van der Waals surface area contributed by atoms with Crippen LogP contribution in [0.4, 0.5) is 0 Å². The molecule has 0 aromatic rings. The fourth-order valence-corrected chi connectivity index (χ4v) is 5.93. The molecule has 1 unspecified atom stereocenters. The molecule has 0 radical (unpaired) electrons. The molecule has 0 aliphatic carbocycles. The summed E-state index contributed by atoms with van der Waals surface area (Å²) in [5, 5.41) is 0. The van der Waals surface area contributed by atoms with Gasteiger partial charge in [0.15, 0.2) is 6.10 Å². The largest absolute Gasteiger partial charge is 0.472 e. The highest BCUT2D eigenvalue weighted by molar-refractivity contribution is 7.47. The van der Waals surface area contributed by atoms with Gasteiger partial charge in [-0.05, 0) is 77.0 Å². The number of esters is 2. The summed E-state index contributed by atoms with van der Waals surface area (Å²) in [6.45, 7) is 3.64. The number of allylic oxidation sites excluding steroid dienone is 8. The van der Waals surface area contributed by atoms with Gasteiger partial charge >= 0.3 is 19.8 Å². The first-order chi connectivity index (χ1) is 24.8. The SMILES string of the molecule is CCCCCC=CCC=CCC=CCCCCCCC(=O)OC[C@H](COP(=O)(O)OCCN)OC(=O)CCCCCCCC=CCCCCCC. The molecule has 0 heterocycles. The van der Waals surface area contributed by atoms with Gasteiger partial charge < -0.3 is 20.1 Å². The summed E-state index contributed by atoms with van der Waals surface area (Å²) in [7, 11) is -4.38. The molecule has 0 aliphatic rings. The van der Waals surface area contributed by atoms with Crippen LogP contribution in [-0.2, 0) is 32.7 Å². The lowest BCUT2D eigenvalue weighted by atomic mass is 10.1. The van der Waals surface area contributed by atoms with Crippen LogP contribution in [0.25, 0.3) is 0 Å². The van der Waals surface area contributed by atoms with Gasteiger partial charge in [0.1, 0.15) is 6.61 Å². The first-order valence-corrected chi connectivity index (χ1v) is 21.6. The van der Waals surface area contributed by atoms with Crippen LogP contribution in [0.5, 0.6) is 0 Å². The lowest BCUT2D eigenvalue weighted by molar-refractivity contribution is -0.161. The highest BCUT2D eigenvalue weighted by atomic mass is 31.2. The number of unbranched alkanes of at least 4 members (excludes halogenated alkanes) is 16. The van der Waals surface area contributed by atoms with Crippen LogP contribution in [0.2, 0.25) is 0 Å². The first kappa shape index (κ1) is 49.0. The van der Waals surface area contributed by atoms with Crippen molar-refractivity contribution in [2.45, 2.75) is 174 Å². The van der Waals surface area contributed by atoms with E-state index < -0.39 is 32.5 Å². The van der Waals surface area contributed by atoms with Gasteiger partial charge in [-0.15, -0.1) is 0 Å². The molecular weight excluding hydrogens is 665 g/mol. The normalized spacial score (nSPS) is 13.9. The van der Waals surface area contributed by atoms with Crippen molar-refractivity contribution < 1.29 is 37.6 Å². The van der Waals surface area contributed by atoms with Gasteiger partial charge in [-0.2, -0.15) is 0 Å². The van der Waals surface area contributed by atoms with E-state index in [4.69, 9.17) is 24.3 Å². The van der Waals surface area contributed by atoms with Crippen LogP contribution in [0.15, 0.2) is 48.6 Å². The van der Waals surface area contributed by atoms with E-state index in [-0.39, 0.29) is 32.6 Å². The Bertz CT molecular complexity index is 981. The lowest BCUT2D eigenvalue weighted by Crippen LogP contribution is -2.29. The van der Waals surface area contributed by atoms with Crippen molar-refractivity contribution in [1.29, 1.82) is 0 Å². The molecule has 0 aliphatic heterocycles. The molecule has 296 valence electrons. The third-order valence-corrected chi connectivity index (χ3v) is 9.17. The van der Waals surface area contributed by atoms with E-state index in [1.54, 1.807) is 0 Å². The molecule has 0 bridgehead atoms. The van der Waals surface area contributed by atoms with Crippen LogP contribution in [0.1, 0.15) is 168 Å². The van der Waals surface area contributed by atoms with Crippen molar-refractivity contribution >= 4 is 19.8 Å². The maximum Gasteiger partial charge on any atom is 0.472 e. The van der Waals surface area contributed by atoms with Crippen molar-refractivity contribution in [1.82, 2.24) is 0 Å². The summed E-state index contributed by atoms with van der Waals surface area (Å²) in [5.41, 5.74) is 5.33. The standard InChI is InChI=1S/C41H74NO8P/c1-3-5-7-9-11-13-15-17-18-19-20-22-23-25-27-29-31-33-40(43)47-37-39(38-49-51(45,46)48-36-35-42)50-41(44)34-32-30-28-26-24-21-16-14-12-10-8-6-4-2/h11,13-14,16-18,20,22,39H,3-10,12,15,19,21,23-38,42H2,1-2H3,(H,45,46)/t39-/m1/s1. The van der Waals surface area contributed by atoms with Crippen LogP contribution in [0, 0.1) is 0 Å². The van der Waals surface area contributed by atoms with E-state index in [0.717, 1.165) is 70.6 Å². The summed E-state index contributed by atoms with van der Waals surface area (Å²) < 4.78 is 32.7. The van der Waals surface area contributed by atoms with E-state index in [1.165, 1.54) is 57.8 Å². The number of carbonyl (C=O) groups excluding carboxylic acids is 2. The second-order valence-corrected chi connectivity index (χ2v) is 14.6. The number of ether oxygens (including phenoxy) is 2. The molecule has 0 rings (SSSR count). The second kappa shape index (κ2) is 37.7. The number of phosphoric acid groups is 1. The van der Waals surface area contributed by atoms with Crippen molar-refractivity contribution in [2.24, 2.45) is 5.73 Å². The summed E-state index contributed by atoms with van der Waals surface area (Å²) >= 11 is 0. The van der Waals surface area contributed by atoms with Crippen LogP contribution >= 0.6 is 7.82 Å². The zero-order valence-electron chi connectivity index (χ0n) is 32.3. The van der Waals surface area contributed by atoms with E-state index in [2.05, 4.69) is 62.5 Å². The summed E-state index contributed by atoms with van der Waals surface area (Å²) in [6, 6.07) is 0. The topological polar surface area (TPSA) is 134 Å². The second-order valence-electron chi connectivity index (χ2n) is 13.1. The molecule has 2 atom stereocenters. The minimum atomic E-state index is -4.38. The molecule has 0 fully saturated rings. The zero-order chi connectivity index (χ0) is 37.5. The molecule has 10 heteroatoms. The number of nitrogens with two attached hydrogens (primary N) is 1. The third-order valence-electron chi connectivity index (χ3n) is 8.19. The molecule has 0 saturated heterocycles. The Labute approximate surface area is 311 Å². The van der Waals surface area contributed by atoms with E-state index in [1.807, 2.05) is 0 Å². The quantitative estimate of drug-likeness (QED) is 0.0276. The minimum absolute atomic E-state index is 0.0473. The Balaban J connectivity index is 4.25. The molecular formula is C41H74NO8P. The molecule has 51 heavy (non-hydrogen) atoms. The molecule has 0 amide bonds. The maximum absolute atomic E-state index is 12.5. The third kappa shape index (κ3) is 37.5. The van der Waals surface area contributed by atoms with Gasteiger partial charge in [0.05, 0.1) is 13.2 Å². The maximum atomic E-state index is 12.5. The minimum Gasteiger partial charge on any atom is -0.462 e. The molecule has 9 nitrogen and oxygen atoms in total. The van der Waals surface area contributed by atoms with Gasteiger partial charge in [0.2, 0.25) is 0 Å². The molecule has 0 spiro atoms. The molecule has 0 aromatic heterocycles. The molecule has 0 aromatic carbocycles. The number of phosphoric ester groups is 1. The van der Waals surface area contributed by atoms with Gasteiger partial charge in [-0.3, -0.25) is 18.6 Å². The van der Waals surface area contributed by atoms with Crippen LogP contribution in [-0.4, -0.2) is 49.3 Å². The average Bonchev–Trinajstić information content (AvgIpc) is 3.11. The highest BCUT2D eigenvalue weighted by Gasteiger charge is 2.25. The number of hydrogen-bond donors (Lipinski definition) is 2. The Hall–Kier alpha value is -2.03. The van der Waals surface area contributed by atoms with E-state index in [0.29, 0.717) is 12.8 Å². The van der Waals surface area contributed by atoms with Crippen molar-refractivity contribution in [2.75, 3.05) is 26.4 Å². The van der Waals surface area contributed by atoms with E-state index in [9.17, 15) is 19.0 Å². The Kier molecular flexibility index (Phi) is 36.2. The zero-order valence-corrected chi connectivity index (χ0v) is 33.2. The summed E-state index contributed by atoms with van der Waals surface area (Å²) in [5.74, 6) is -0.867. The predicted octanol–water partition coefficient (Wildman–Crippen LogP) is 11.2. The van der Waals surface area contributed by atoms with Gasteiger partial charge in [0, 0.05) is 19.4 Å².